The Hall–Kier alpha value is -1.14. The van der Waals surface area contributed by atoms with E-state index in [2.05, 4.69) is 11.9 Å². The molecule has 0 fully saturated rings. The lowest BCUT2D eigenvalue weighted by Crippen LogP contribution is -2.32. The van der Waals surface area contributed by atoms with Crippen molar-refractivity contribution in [3.05, 3.63) is 50.9 Å². The lowest BCUT2D eigenvalue weighted by atomic mass is 10.2. The molecule has 1 aromatic carbocycles. The minimum atomic E-state index is -0.0654. The molecule has 0 aliphatic rings. The minimum absolute atomic E-state index is 0. The van der Waals surface area contributed by atoms with Gasteiger partial charge in [-0.25, -0.2) is 4.98 Å². The van der Waals surface area contributed by atoms with Crippen LogP contribution in [0.1, 0.15) is 40.8 Å². The molecule has 0 aliphatic carbocycles. The molecule has 0 bridgehead atoms. The Balaban J connectivity index is 0.00000264. The molecule has 23 heavy (non-hydrogen) atoms. The Labute approximate surface area is 152 Å². The third-order valence-corrected chi connectivity index (χ3v) is 4.57. The summed E-state index contributed by atoms with van der Waals surface area (Å²) in [7, 11) is 0. The van der Waals surface area contributed by atoms with Gasteiger partial charge >= 0.3 is 0 Å². The number of hydrogen-bond donors (Lipinski definition) is 1. The van der Waals surface area contributed by atoms with Gasteiger partial charge in [0.1, 0.15) is 10.7 Å². The Morgan fingerprint density at radius 3 is 2.74 bits per heavy atom. The summed E-state index contributed by atoms with van der Waals surface area (Å²) in [4.78, 5) is 18.8. The molecule has 2 N–H and O–H groups in total. The first-order valence-corrected chi connectivity index (χ1v) is 8.58. The van der Waals surface area contributed by atoms with Crippen LogP contribution in [0.15, 0.2) is 29.6 Å². The summed E-state index contributed by atoms with van der Waals surface area (Å²) in [6.07, 6.45) is 1.97. The van der Waals surface area contributed by atoms with Gasteiger partial charge in [0.2, 0.25) is 0 Å². The molecule has 0 aliphatic heterocycles. The van der Waals surface area contributed by atoms with Gasteiger partial charge in [0.15, 0.2) is 0 Å². The standard InChI is InChI=1S/C16H20ClN3OS.ClH/c1-2-3-8-20(10-12-6-4-5-7-13(12)17)16(21)14-11-22-15(9-18)19-14;/h4-7,11H,2-3,8-10,18H2,1H3;1H. The zero-order valence-corrected chi connectivity index (χ0v) is 15.4. The summed E-state index contributed by atoms with van der Waals surface area (Å²) in [6.45, 7) is 3.65. The van der Waals surface area contributed by atoms with E-state index in [0.717, 1.165) is 23.4 Å². The maximum Gasteiger partial charge on any atom is 0.273 e. The summed E-state index contributed by atoms with van der Waals surface area (Å²) >= 11 is 7.63. The van der Waals surface area contributed by atoms with E-state index in [4.69, 9.17) is 17.3 Å². The third kappa shape index (κ3) is 5.46. The molecule has 1 heterocycles. The number of thiazole rings is 1. The average Bonchev–Trinajstić information content (AvgIpc) is 3.01. The number of benzene rings is 1. The molecule has 7 heteroatoms. The molecular formula is C16H21Cl2N3OS. The predicted octanol–water partition coefficient (Wildman–Crippen LogP) is 4.12. The largest absolute Gasteiger partial charge is 0.333 e. The molecule has 1 amide bonds. The molecule has 2 rings (SSSR count). The van der Waals surface area contributed by atoms with Crippen molar-refractivity contribution >= 4 is 41.3 Å². The van der Waals surface area contributed by atoms with Gasteiger partial charge in [-0.1, -0.05) is 43.1 Å². The molecule has 4 nitrogen and oxygen atoms in total. The van der Waals surface area contributed by atoms with Gasteiger partial charge in [0, 0.05) is 30.0 Å². The van der Waals surface area contributed by atoms with Gasteiger partial charge < -0.3 is 10.6 Å². The van der Waals surface area contributed by atoms with Crippen molar-refractivity contribution in [2.24, 2.45) is 5.73 Å². The Bertz CT molecular complexity index is 633. The number of carbonyl (C=O) groups is 1. The first-order chi connectivity index (χ1) is 10.7. The highest BCUT2D eigenvalue weighted by Crippen LogP contribution is 2.19. The van der Waals surface area contributed by atoms with E-state index >= 15 is 0 Å². The molecule has 0 unspecified atom stereocenters. The first kappa shape index (κ1) is 19.9. The number of nitrogens with two attached hydrogens (primary N) is 1. The third-order valence-electron chi connectivity index (χ3n) is 3.33. The Morgan fingerprint density at radius 1 is 1.39 bits per heavy atom. The lowest BCUT2D eigenvalue weighted by Gasteiger charge is -2.22. The normalized spacial score (nSPS) is 10.2. The van der Waals surface area contributed by atoms with Crippen LogP contribution in [0.25, 0.3) is 0 Å². The van der Waals surface area contributed by atoms with Gasteiger partial charge in [-0.15, -0.1) is 23.7 Å². The van der Waals surface area contributed by atoms with E-state index < -0.39 is 0 Å². The topological polar surface area (TPSA) is 59.2 Å². The van der Waals surface area contributed by atoms with Gasteiger partial charge in [-0.05, 0) is 18.1 Å². The molecule has 0 atom stereocenters. The highest BCUT2D eigenvalue weighted by Gasteiger charge is 2.19. The van der Waals surface area contributed by atoms with Gasteiger partial charge in [0.05, 0.1) is 0 Å². The van der Waals surface area contributed by atoms with Crippen LogP contribution in [-0.4, -0.2) is 22.3 Å². The molecule has 126 valence electrons. The van der Waals surface area contributed by atoms with E-state index in [0.29, 0.717) is 30.4 Å². The number of carbonyl (C=O) groups excluding carboxylic acids is 1. The molecule has 2 aromatic rings. The minimum Gasteiger partial charge on any atom is -0.333 e. The van der Waals surface area contributed by atoms with Crippen molar-refractivity contribution in [2.45, 2.75) is 32.9 Å². The van der Waals surface area contributed by atoms with Crippen LogP contribution >= 0.6 is 35.3 Å². The first-order valence-electron chi connectivity index (χ1n) is 7.32. The summed E-state index contributed by atoms with van der Waals surface area (Å²) < 4.78 is 0. The van der Waals surface area contributed by atoms with E-state index in [1.807, 2.05) is 24.3 Å². The zero-order chi connectivity index (χ0) is 15.9. The number of halogens is 2. The van der Waals surface area contributed by atoms with Gasteiger partial charge in [0.25, 0.3) is 5.91 Å². The fraction of sp³-hybridized carbons (Fsp3) is 0.375. The predicted molar refractivity (Wildman–Crippen MR) is 98.4 cm³/mol. The van der Waals surface area contributed by atoms with Crippen LogP contribution in [0.3, 0.4) is 0 Å². The van der Waals surface area contributed by atoms with Crippen molar-refractivity contribution in [3.63, 3.8) is 0 Å². The number of unbranched alkanes of at least 4 members (excludes halogenated alkanes) is 1. The van der Waals surface area contributed by atoms with E-state index in [-0.39, 0.29) is 18.3 Å². The molecule has 0 saturated heterocycles. The summed E-state index contributed by atoms with van der Waals surface area (Å²) in [5.41, 5.74) is 6.98. The summed E-state index contributed by atoms with van der Waals surface area (Å²) in [5.74, 6) is -0.0654. The van der Waals surface area contributed by atoms with Crippen LogP contribution in [0, 0.1) is 0 Å². The number of nitrogens with zero attached hydrogens (tertiary/aromatic N) is 2. The van der Waals surface area contributed by atoms with Gasteiger partial charge in [-0.2, -0.15) is 0 Å². The molecule has 1 aromatic heterocycles. The number of hydrogen-bond acceptors (Lipinski definition) is 4. The van der Waals surface area contributed by atoms with Crippen molar-refractivity contribution in [2.75, 3.05) is 6.54 Å². The second kappa shape index (κ2) is 9.88. The highest BCUT2D eigenvalue weighted by molar-refractivity contribution is 7.09. The maximum atomic E-state index is 12.7. The number of rotatable bonds is 7. The molecule has 0 saturated carbocycles. The average molecular weight is 374 g/mol. The van der Waals surface area contributed by atoms with Crippen LogP contribution in [0.2, 0.25) is 5.02 Å². The summed E-state index contributed by atoms with van der Waals surface area (Å²) in [6, 6.07) is 7.60. The number of amides is 1. The lowest BCUT2D eigenvalue weighted by molar-refractivity contribution is 0.0735. The van der Waals surface area contributed by atoms with E-state index in [1.54, 1.807) is 10.3 Å². The van der Waals surface area contributed by atoms with Crippen LogP contribution in [0.4, 0.5) is 0 Å². The molecule has 0 radical (unpaired) electrons. The monoisotopic (exact) mass is 373 g/mol. The second-order valence-electron chi connectivity index (χ2n) is 5.00. The Kier molecular flexibility index (Phi) is 8.55. The maximum absolute atomic E-state index is 12.7. The van der Waals surface area contributed by atoms with Crippen LogP contribution in [0.5, 0.6) is 0 Å². The van der Waals surface area contributed by atoms with Crippen molar-refractivity contribution in [3.8, 4) is 0 Å². The molecule has 0 spiro atoms. The smallest absolute Gasteiger partial charge is 0.273 e. The fourth-order valence-corrected chi connectivity index (χ4v) is 2.94. The SMILES string of the molecule is CCCCN(Cc1ccccc1Cl)C(=O)c1csc(CN)n1.Cl. The number of aromatic nitrogens is 1. The van der Waals surface area contributed by atoms with Crippen molar-refractivity contribution < 1.29 is 4.79 Å². The van der Waals surface area contributed by atoms with Crippen LogP contribution < -0.4 is 5.73 Å². The second-order valence-corrected chi connectivity index (χ2v) is 6.35. The van der Waals surface area contributed by atoms with Crippen molar-refractivity contribution in [1.82, 2.24) is 9.88 Å². The molecular weight excluding hydrogens is 353 g/mol. The van der Waals surface area contributed by atoms with Crippen molar-refractivity contribution in [1.29, 1.82) is 0 Å². The van der Waals surface area contributed by atoms with E-state index in [1.165, 1.54) is 11.3 Å². The fourth-order valence-electron chi connectivity index (χ4n) is 2.10. The quantitative estimate of drug-likeness (QED) is 0.793. The van der Waals surface area contributed by atoms with Gasteiger partial charge in [-0.3, -0.25) is 4.79 Å². The highest BCUT2D eigenvalue weighted by atomic mass is 35.5. The zero-order valence-electron chi connectivity index (χ0n) is 13.0. The van der Waals surface area contributed by atoms with Crippen LogP contribution in [-0.2, 0) is 13.1 Å². The summed E-state index contributed by atoms with van der Waals surface area (Å²) in [5, 5.41) is 3.23. The van der Waals surface area contributed by atoms with E-state index in [9.17, 15) is 4.79 Å². The Morgan fingerprint density at radius 2 is 2.13 bits per heavy atom.